The first-order valence-corrected chi connectivity index (χ1v) is 8.57. The highest BCUT2D eigenvalue weighted by Gasteiger charge is 2.22. The Kier molecular flexibility index (Phi) is 3.71. The maximum Gasteiger partial charge on any atom is 0.343 e. The predicted octanol–water partition coefficient (Wildman–Crippen LogP) is 1.80. The van der Waals surface area contributed by atoms with Crippen molar-refractivity contribution in [2.75, 3.05) is 0 Å². The van der Waals surface area contributed by atoms with Crippen molar-refractivity contribution >= 4 is 16.8 Å². The van der Waals surface area contributed by atoms with Crippen LogP contribution in [0.4, 0.5) is 0 Å². The molecule has 0 saturated heterocycles. The van der Waals surface area contributed by atoms with Gasteiger partial charge in [-0.15, -0.1) is 0 Å². The van der Waals surface area contributed by atoms with Crippen LogP contribution in [0.5, 0.6) is 0 Å². The fourth-order valence-electron chi connectivity index (χ4n) is 3.58. The lowest BCUT2D eigenvalue weighted by molar-refractivity contribution is 0.0934. The number of nitrogens with one attached hydrogen (secondary N) is 3. The van der Waals surface area contributed by atoms with Gasteiger partial charge in [0.2, 0.25) is 0 Å². The molecule has 0 aliphatic carbocycles. The van der Waals surface area contributed by atoms with Crippen LogP contribution in [-0.4, -0.2) is 31.7 Å². The average molecular weight is 339 g/mol. The molecule has 1 aliphatic rings. The molecular weight excluding hydrogens is 318 g/mol. The van der Waals surface area contributed by atoms with Gasteiger partial charge in [0.15, 0.2) is 0 Å². The fraction of sp³-hybridized carbons (Fsp3) is 0.389. The third-order valence-corrected chi connectivity index (χ3v) is 5.18. The smallest absolute Gasteiger partial charge is 0.343 e. The zero-order valence-electron chi connectivity index (χ0n) is 14.3. The molecule has 4 rings (SSSR count). The van der Waals surface area contributed by atoms with Gasteiger partial charge in [0.05, 0.1) is 11.1 Å². The third kappa shape index (κ3) is 2.65. The number of H-pyrrole nitrogens is 2. The summed E-state index contributed by atoms with van der Waals surface area (Å²) in [5.41, 5.74) is 3.61. The van der Waals surface area contributed by atoms with E-state index in [2.05, 4.69) is 27.4 Å². The molecular formula is C18H21N5O2. The summed E-state index contributed by atoms with van der Waals surface area (Å²) in [5.74, 6) is 0.685. The Morgan fingerprint density at radius 3 is 3.00 bits per heavy atom. The van der Waals surface area contributed by atoms with Crippen molar-refractivity contribution in [3.63, 3.8) is 0 Å². The van der Waals surface area contributed by atoms with Gasteiger partial charge in [-0.05, 0) is 38.3 Å². The highest BCUT2D eigenvalue weighted by Crippen LogP contribution is 2.24. The number of para-hydroxylation sites is 1. The molecule has 1 amide bonds. The number of amides is 1. The summed E-state index contributed by atoms with van der Waals surface area (Å²) in [6.45, 7) is 4.64. The van der Waals surface area contributed by atoms with Gasteiger partial charge in [-0.25, -0.2) is 9.89 Å². The van der Waals surface area contributed by atoms with E-state index in [9.17, 15) is 9.59 Å². The molecule has 0 spiro atoms. The molecule has 7 heteroatoms. The fourth-order valence-corrected chi connectivity index (χ4v) is 3.58. The van der Waals surface area contributed by atoms with E-state index in [-0.39, 0.29) is 17.6 Å². The molecule has 0 radical (unpaired) electrons. The minimum Gasteiger partial charge on any atom is -0.358 e. The third-order valence-electron chi connectivity index (χ3n) is 5.18. The molecule has 1 aliphatic heterocycles. The number of carbonyl (C=O) groups is 1. The molecule has 25 heavy (non-hydrogen) atoms. The van der Waals surface area contributed by atoms with Crippen LogP contribution < -0.4 is 11.0 Å². The van der Waals surface area contributed by atoms with Crippen molar-refractivity contribution in [1.82, 2.24) is 25.1 Å². The van der Waals surface area contributed by atoms with E-state index in [4.69, 9.17) is 0 Å². The van der Waals surface area contributed by atoms with Crippen LogP contribution in [0.2, 0.25) is 0 Å². The van der Waals surface area contributed by atoms with E-state index in [0.29, 0.717) is 18.5 Å². The van der Waals surface area contributed by atoms with E-state index in [0.717, 1.165) is 35.3 Å². The average Bonchev–Trinajstić information content (AvgIpc) is 3.01. The first kappa shape index (κ1) is 15.7. The number of aromatic amines is 2. The maximum absolute atomic E-state index is 12.8. The Morgan fingerprint density at radius 2 is 2.16 bits per heavy atom. The van der Waals surface area contributed by atoms with Crippen molar-refractivity contribution < 1.29 is 4.79 Å². The number of carbonyl (C=O) groups excluding carboxylic acids is 1. The predicted molar refractivity (Wildman–Crippen MR) is 94.8 cm³/mol. The molecule has 7 nitrogen and oxygen atoms in total. The van der Waals surface area contributed by atoms with Crippen molar-refractivity contribution in [2.45, 2.75) is 45.7 Å². The van der Waals surface area contributed by atoms with Gasteiger partial charge in [0.25, 0.3) is 5.91 Å². The Hall–Kier alpha value is -2.83. The molecule has 130 valence electrons. The Morgan fingerprint density at radius 1 is 1.32 bits per heavy atom. The van der Waals surface area contributed by atoms with Gasteiger partial charge in [0, 0.05) is 30.1 Å². The van der Waals surface area contributed by atoms with E-state index >= 15 is 0 Å². The summed E-state index contributed by atoms with van der Waals surface area (Å²) in [5, 5.41) is 10.7. The second-order valence-corrected chi connectivity index (χ2v) is 6.70. The number of nitrogens with zero attached hydrogens (tertiary/aromatic N) is 2. The van der Waals surface area contributed by atoms with Crippen LogP contribution in [0.25, 0.3) is 10.9 Å². The second-order valence-electron chi connectivity index (χ2n) is 6.70. The molecule has 3 N–H and O–H groups in total. The second kappa shape index (κ2) is 5.91. The Labute approximate surface area is 144 Å². The number of hydrogen-bond donors (Lipinski definition) is 3. The normalized spacial score (nSPS) is 17.3. The van der Waals surface area contributed by atoms with Crippen molar-refractivity contribution in [1.29, 1.82) is 0 Å². The molecule has 0 fully saturated rings. The standard InChI is InChI=1S/C18H21N5O2/c1-10-11(2)19-16-13(10)4-3-5-14(16)17(24)20-12-6-7-15-21-22-18(25)23(15)9-8-12/h3-5,12,19H,6-9H2,1-2H3,(H,20,24)(H,22,25). The SMILES string of the molecule is Cc1[nH]c2c(C(=O)NC3CCc4n[nH]c(=O)n4CC3)cccc2c1C. The molecule has 1 atom stereocenters. The summed E-state index contributed by atoms with van der Waals surface area (Å²) < 4.78 is 1.66. The number of benzene rings is 1. The molecule has 0 saturated carbocycles. The summed E-state index contributed by atoms with van der Waals surface area (Å²) in [6.07, 6.45) is 2.17. The van der Waals surface area contributed by atoms with Crippen LogP contribution in [0.1, 0.15) is 40.3 Å². The first-order valence-electron chi connectivity index (χ1n) is 8.57. The van der Waals surface area contributed by atoms with Crippen LogP contribution in [0.3, 0.4) is 0 Å². The number of aromatic nitrogens is 4. The summed E-state index contributed by atoms with van der Waals surface area (Å²) in [7, 11) is 0. The van der Waals surface area contributed by atoms with Gasteiger partial charge in [0.1, 0.15) is 5.82 Å². The number of rotatable bonds is 2. The summed E-state index contributed by atoms with van der Waals surface area (Å²) >= 11 is 0. The van der Waals surface area contributed by atoms with Crippen molar-refractivity contribution in [2.24, 2.45) is 0 Å². The van der Waals surface area contributed by atoms with E-state index in [1.54, 1.807) is 4.57 Å². The lowest BCUT2D eigenvalue weighted by Crippen LogP contribution is -2.35. The maximum atomic E-state index is 12.8. The zero-order chi connectivity index (χ0) is 17.6. The van der Waals surface area contributed by atoms with E-state index < -0.39 is 0 Å². The monoisotopic (exact) mass is 339 g/mol. The Bertz CT molecular complexity index is 1010. The minimum atomic E-state index is -0.177. The number of fused-ring (bicyclic) bond motifs is 2. The lowest BCUT2D eigenvalue weighted by atomic mass is 10.1. The summed E-state index contributed by atoms with van der Waals surface area (Å²) in [4.78, 5) is 27.8. The molecule has 1 aromatic carbocycles. The van der Waals surface area contributed by atoms with E-state index in [1.807, 2.05) is 25.1 Å². The molecule has 2 aromatic heterocycles. The van der Waals surface area contributed by atoms with Crippen LogP contribution in [-0.2, 0) is 13.0 Å². The molecule has 3 aromatic rings. The number of aryl methyl sites for hydroxylation is 3. The topological polar surface area (TPSA) is 95.6 Å². The summed E-state index contributed by atoms with van der Waals surface area (Å²) in [6, 6.07) is 5.82. The first-order chi connectivity index (χ1) is 12.0. The Balaban J connectivity index is 1.55. The van der Waals surface area contributed by atoms with Gasteiger partial charge >= 0.3 is 5.69 Å². The zero-order valence-corrected chi connectivity index (χ0v) is 14.3. The van der Waals surface area contributed by atoms with Gasteiger partial charge in [-0.1, -0.05) is 12.1 Å². The minimum absolute atomic E-state index is 0.0287. The van der Waals surface area contributed by atoms with Gasteiger partial charge in [-0.3, -0.25) is 9.36 Å². The molecule has 0 bridgehead atoms. The number of hydrogen-bond acceptors (Lipinski definition) is 3. The quantitative estimate of drug-likeness (QED) is 0.664. The lowest BCUT2D eigenvalue weighted by Gasteiger charge is -2.16. The van der Waals surface area contributed by atoms with Crippen LogP contribution >= 0.6 is 0 Å². The molecule has 1 unspecified atom stereocenters. The van der Waals surface area contributed by atoms with Crippen molar-refractivity contribution in [3.8, 4) is 0 Å². The highest BCUT2D eigenvalue weighted by atomic mass is 16.2. The van der Waals surface area contributed by atoms with Crippen LogP contribution in [0.15, 0.2) is 23.0 Å². The van der Waals surface area contributed by atoms with Gasteiger partial charge in [-0.2, -0.15) is 5.10 Å². The van der Waals surface area contributed by atoms with Crippen molar-refractivity contribution in [3.05, 3.63) is 51.3 Å². The van der Waals surface area contributed by atoms with E-state index in [1.165, 1.54) is 5.56 Å². The largest absolute Gasteiger partial charge is 0.358 e. The van der Waals surface area contributed by atoms with Crippen LogP contribution in [0, 0.1) is 13.8 Å². The highest BCUT2D eigenvalue weighted by molar-refractivity contribution is 6.06. The molecule has 3 heterocycles. The van der Waals surface area contributed by atoms with Gasteiger partial charge < -0.3 is 10.3 Å².